The predicted molar refractivity (Wildman–Crippen MR) is 72.2 cm³/mol. The van der Waals surface area contributed by atoms with Gasteiger partial charge in [0.2, 0.25) is 0 Å². The van der Waals surface area contributed by atoms with Crippen molar-refractivity contribution < 1.29 is 9.90 Å². The lowest BCUT2D eigenvalue weighted by Gasteiger charge is -2.17. The van der Waals surface area contributed by atoms with E-state index in [1.54, 1.807) is 17.4 Å². The van der Waals surface area contributed by atoms with Crippen molar-refractivity contribution in [3.63, 3.8) is 0 Å². The van der Waals surface area contributed by atoms with Gasteiger partial charge >= 0.3 is 5.97 Å². The number of hydrogen-bond acceptors (Lipinski definition) is 4. The van der Waals surface area contributed by atoms with Crippen LogP contribution >= 0.6 is 11.3 Å². The first-order chi connectivity index (χ1) is 8.65. The number of nitriles is 1. The number of aliphatic carboxylic acids is 1. The van der Waals surface area contributed by atoms with Crippen molar-refractivity contribution in [2.75, 3.05) is 13.1 Å². The standard InChI is InChI=1S/C13H16N2O2S/c1-2-15(7-3-6-14)9-12-8-11(10-18-12)4-5-13(16)17/h4-5,8,10H,2-3,7,9H2,1H3,(H,16,17). The second-order valence-electron chi connectivity index (χ2n) is 3.79. The van der Waals surface area contributed by atoms with E-state index in [1.165, 1.54) is 4.88 Å². The van der Waals surface area contributed by atoms with E-state index in [2.05, 4.69) is 17.9 Å². The Bertz CT molecular complexity index is 460. The van der Waals surface area contributed by atoms with Crippen molar-refractivity contribution in [1.82, 2.24) is 4.90 Å². The maximum Gasteiger partial charge on any atom is 0.328 e. The van der Waals surface area contributed by atoms with Crippen LogP contribution in [0.15, 0.2) is 17.5 Å². The van der Waals surface area contributed by atoms with Crippen LogP contribution in [0.5, 0.6) is 0 Å². The van der Waals surface area contributed by atoms with E-state index in [1.807, 2.05) is 11.4 Å². The third kappa shape index (κ3) is 5.13. The molecule has 96 valence electrons. The van der Waals surface area contributed by atoms with E-state index in [0.717, 1.165) is 31.3 Å². The van der Waals surface area contributed by atoms with Crippen LogP contribution in [0.3, 0.4) is 0 Å². The van der Waals surface area contributed by atoms with Crippen LogP contribution < -0.4 is 0 Å². The normalized spacial score (nSPS) is 10.9. The summed E-state index contributed by atoms with van der Waals surface area (Å²) in [5, 5.41) is 19.0. The van der Waals surface area contributed by atoms with E-state index in [9.17, 15) is 4.79 Å². The molecule has 5 heteroatoms. The predicted octanol–water partition coefficient (Wildman–Crippen LogP) is 2.58. The first-order valence-corrected chi connectivity index (χ1v) is 6.61. The van der Waals surface area contributed by atoms with Gasteiger partial charge in [-0.25, -0.2) is 4.79 Å². The number of thiophene rings is 1. The molecule has 1 aromatic rings. The second kappa shape index (κ2) is 7.64. The van der Waals surface area contributed by atoms with E-state index in [0.29, 0.717) is 6.42 Å². The molecule has 0 aliphatic rings. The molecule has 0 spiro atoms. The van der Waals surface area contributed by atoms with Crippen LogP contribution in [0.4, 0.5) is 0 Å². The molecule has 0 aromatic carbocycles. The molecule has 0 aliphatic heterocycles. The highest BCUT2D eigenvalue weighted by Gasteiger charge is 2.05. The van der Waals surface area contributed by atoms with Crippen LogP contribution in [0.2, 0.25) is 0 Å². The summed E-state index contributed by atoms with van der Waals surface area (Å²) in [5.74, 6) is -0.938. The Balaban J connectivity index is 2.57. The molecule has 0 amide bonds. The molecule has 0 radical (unpaired) electrons. The van der Waals surface area contributed by atoms with Gasteiger partial charge in [0.15, 0.2) is 0 Å². The minimum absolute atomic E-state index is 0.533. The number of nitrogens with zero attached hydrogens (tertiary/aromatic N) is 2. The number of carbonyl (C=O) groups is 1. The quantitative estimate of drug-likeness (QED) is 0.769. The van der Waals surface area contributed by atoms with Crippen molar-refractivity contribution in [3.8, 4) is 6.07 Å². The smallest absolute Gasteiger partial charge is 0.328 e. The Morgan fingerprint density at radius 3 is 3.06 bits per heavy atom. The van der Waals surface area contributed by atoms with Crippen LogP contribution in [0.25, 0.3) is 6.08 Å². The van der Waals surface area contributed by atoms with Gasteiger partial charge in [0.25, 0.3) is 0 Å². The van der Waals surface area contributed by atoms with E-state index >= 15 is 0 Å². The van der Waals surface area contributed by atoms with Gasteiger partial charge in [0, 0.05) is 30.5 Å². The Morgan fingerprint density at radius 1 is 1.67 bits per heavy atom. The molecule has 1 aromatic heterocycles. The van der Waals surface area contributed by atoms with Gasteiger partial charge in [-0.05, 0) is 29.6 Å². The molecular formula is C13H16N2O2S. The fraction of sp³-hybridized carbons (Fsp3) is 0.385. The van der Waals surface area contributed by atoms with E-state index < -0.39 is 5.97 Å². The molecule has 1 N–H and O–H groups in total. The van der Waals surface area contributed by atoms with Gasteiger partial charge in [0.05, 0.1) is 6.07 Å². The lowest BCUT2D eigenvalue weighted by Crippen LogP contribution is -2.23. The Kier molecular flexibility index (Phi) is 6.12. The van der Waals surface area contributed by atoms with Gasteiger partial charge < -0.3 is 5.11 Å². The minimum atomic E-state index is -0.938. The summed E-state index contributed by atoms with van der Waals surface area (Å²) in [6.45, 7) is 4.55. The maximum atomic E-state index is 10.4. The lowest BCUT2D eigenvalue weighted by molar-refractivity contribution is -0.131. The van der Waals surface area contributed by atoms with Crippen molar-refractivity contribution in [1.29, 1.82) is 5.26 Å². The maximum absolute atomic E-state index is 10.4. The Hall–Kier alpha value is -1.64. The zero-order chi connectivity index (χ0) is 13.4. The fourth-order valence-corrected chi connectivity index (χ4v) is 2.41. The highest BCUT2D eigenvalue weighted by molar-refractivity contribution is 7.10. The Morgan fingerprint density at radius 2 is 2.44 bits per heavy atom. The fourth-order valence-electron chi connectivity index (χ4n) is 1.51. The van der Waals surface area contributed by atoms with Gasteiger partial charge in [-0.2, -0.15) is 5.26 Å². The zero-order valence-electron chi connectivity index (χ0n) is 10.3. The highest BCUT2D eigenvalue weighted by atomic mass is 32.1. The summed E-state index contributed by atoms with van der Waals surface area (Å²) in [7, 11) is 0. The Labute approximate surface area is 111 Å². The van der Waals surface area contributed by atoms with E-state index in [4.69, 9.17) is 10.4 Å². The minimum Gasteiger partial charge on any atom is -0.478 e. The van der Waals surface area contributed by atoms with Crippen molar-refractivity contribution >= 4 is 23.4 Å². The van der Waals surface area contributed by atoms with Gasteiger partial charge in [0.1, 0.15) is 0 Å². The summed E-state index contributed by atoms with van der Waals surface area (Å²) in [6, 6.07) is 4.13. The third-order valence-corrected chi connectivity index (χ3v) is 3.40. The average Bonchev–Trinajstić information content (AvgIpc) is 2.79. The average molecular weight is 264 g/mol. The molecular weight excluding hydrogens is 248 g/mol. The molecule has 0 saturated heterocycles. The molecule has 0 fully saturated rings. The van der Waals surface area contributed by atoms with Crippen molar-refractivity contribution in [2.24, 2.45) is 0 Å². The topological polar surface area (TPSA) is 64.3 Å². The lowest BCUT2D eigenvalue weighted by atomic mass is 10.2. The molecule has 0 aliphatic carbocycles. The summed E-state index contributed by atoms with van der Waals surface area (Å²) in [6.07, 6.45) is 3.26. The first kappa shape index (κ1) is 14.4. The molecule has 0 bridgehead atoms. The van der Waals surface area contributed by atoms with Crippen molar-refractivity contribution in [3.05, 3.63) is 28.0 Å². The van der Waals surface area contributed by atoms with Gasteiger partial charge in [-0.3, -0.25) is 4.90 Å². The highest BCUT2D eigenvalue weighted by Crippen LogP contribution is 2.18. The van der Waals surface area contributed by atoms with Crippen LogP contribution in [0, 0.1) is 11.3 Å². The summed E-state index contributed by atoms with van der Waals surface area (Å²) < 4.78 is 0. The van der Waals surface area contributed by atoms with Gasteiger partial charge in [-0.1, -0.05) is 6.92 Å². The zero-order valence-corrected chi connectivity index (χ0v) is 11.1. The molecule has 4 nitrogen and oxygen atoms in total. The SMILES string of the molecule is CCN(CCC#N)Cc1cc(C=CC(=O)O)cs1. The number of carboxylic acid groups (broad SMARTS) is 1. The molecule has 0 saturated carbocycles. The molecule has 1 heterocycles. The third-order valence-electron chi connectivity index (χ3n) is 2.46. The number of carboxylic acids is 1. The monoisotopic (exact) mass is 264 g/mol. The van der Waals surface area contributed by atoms with Crippen LogP contribution in [0.1, 0.15) is 23.8 Å². The van der Waals surface area contributed by atoms with Gasteiger partial charge in [-0.15, -0.1) is 11.3 Å². The number of rotatable bonds is 7. The molecule has 1 rings (SSSR count). The summed E-state index contributed by atoms with van der Waals surface area (Å²) >= 11 is 1.61. The summed E-state index contributed by atoms with van der Waals surface area (Å²) in [5.41, 5.74) is 0.911. The number of hydrogen-bond donors (Lipinski definition) is 1. The van der Waals surface area contributed by atoms with Crippen LogP contribution in [-0.2, 0) is 11.3 Å². The van der Waals surface area contributed by atoms with Crippen molar-refractivity contribution in [2.45, 2.75) is 19.9 Å². The molecule has 0 unspecified atom stereocenters. The molecule has 0 atom stereocenters. The summed E-state index contributed by atoms with van der Waals surface area (Å²) in [4.78, 5) is 13.8. The largest absolute Gasteiger partial charge is 0.478 e. The van der Waals surface area contributed by atoms with Crippen LogP contribution in [-0.4, -0.2) is 29.1 Å². The molecule has 18 heavy (non-hydrogen) atoms. The first-order valence-electron chi connectivity index (χ1n) is 5.73. The second-order valence-corrected chi connectivity index (χ2v) is 4.79. The van der Waals surface area contributed by atoms with E-state index in [-0.39, 0.29) is 0 Å².